The van der Waals surface area contributed by atoms with Crippen LogP contribution in [0.3, 0.4) is 0 Å². The highest BCUT2D eigenvalue weighted by atomic mass is 32.2. The van der Waals surface area contributed by atoms with E-state index >= 15 is 0 Å². The molecule has 1 N–H and O–H groups in total. The molecular formula is C20H22N2O4S. The minimum Gasteiger partial charge on any atom is -0.489 e. The number of rotatable bonds is 6. The van der Waals surface area contributed by atoms with Gasteiger partial charge in [0.05, 0.1) is 23.1 Å². The SMILES string of the molecule is C/C(=N/NC(=O)[C@H]1CCS(=O)(=O)C1)c1ccc(OCc2ccccc2)cc1. The van der Waals surface area contributed by atoms with Crippen LogP contribution in [0, 0.1) is 5.92 Å². The van der Waals surface area contributed by atoms with Gasteiger partial charge in [-0.2, -0.15) is 5.10 Å². The number of carbonyl (C=O) groups excluding carboxylic acids is 1. The Labute approximate surface area is 159 Å². The number of sulfone groups is 1. The second-order valence-electron chi connectivity index (χ2n) is 6.57. The Hall–Kier alpha value is -2.67. The van der Waals surface area contributed by atoms with E-state index < -0.39 is 15.8 Å². The summed E-state index contributed by atoms with van der Waals surface area (Å²) in [6, 6.07) is 17.3. The Morgan fingerprint density at radius 1 is 1.15 bits per heavy atom. The first kappa shape index (κ1) is 19.1. The standard InChI is InChI=1S/C20H22N2O4S/c1-15(21-22-20(23)18-11-12-27(24,25)14-18)17-7-9-19(10-8-17)26-13-16-5-3-2-4-6-16/h2-10,18H,11-14H2,1H3,(H,22,23)/b21-15-/t18-/m0/s1. The van der Waals surface area contributed by atoms with Gasteiger partial charge in [0.2, 0.25) is 5.91 Å². The second kappa shape index (κ2) is 8.35. The molecule has 6 nitrogen and oxygen atoms in total. The normalized spacial score (nSPS) is 18.9. The summed E-state index contributed by atoms with van der Waals surface area (Å²) >= 11 is 0. The van der Waals surface area contributed by atoms with Crippen LogP contribution in [-0.2, 0) is 21.2 Å². The predicted octanol–water partition coefficient (Wildman–Crippen LogP) is 2.54. The fourth-order valence-corrected chi connectivity index (χ4v) is 4.57. The van der Waals surface area contributed by atoms with E-state index in [1.165, 1.54) is 0 Å². The van der Waals surface area contributed by atoms with E-state index in [0.29, 0.717) is 18.7 Å². The van der Waals surface area contributed by atoms with Crippen molar-refractivity contribution in [2.75, 3.05) is 11.5 Å². The van der Waals surface area contributed by atoms with Crippen LogP contribution in [0.1, 0.15) is 24.5 Å². The fourth-order valence-electron chi connectivity index (χ4n) is 2.83. The number of hydrogen-bond acceptors (Lipinski definition) is 5. The van der Waals surface area contributed by atoms with Crippen molar-refractivity contribution in [3.63, 3.8) is 0 Å². The first-order valence-corrected chi connectivity index (χ1v) is 10.6. The van der Waals surface area contributed by atoms with E-state index in [0.717, 1.165) is 16.9 Å². The predicted molar refractivity (Wildman–Crippen MR) is 104 cm³/mol. The van der Waals surface area contributed by atoms with E-state index in [1.54, 1.807) is 6.92 Å². The van der Waals surface area contributed by atoms with Crippen molar-refractivity contribution < 1.29 is 17.9 Å². The van der Waals surface area contributed by atoms with Crippen molar-refractivity contribution in [3.05, 3.63) is 65.7 Å². The molecule has 1 aliphatic rings. The molecule has 1 heterocycles. The lowest BCUT2D eigenvalue weighted by Crippen LogP contribution is -2.28. The molecule has 0 unspecified atom stereocenters. The summed E-state index contributed by atoms with van der Waals surface area (Å²) in [6.45, 7) is 2.28. The van der Waals surface area contributed by atoms with Gasteiger partial charge in [-0.3, -0.25) is 4.79 Å². The summed E-state index contributed by atoms with van der Waals surface area (Å²) in [5, 5.41) is 4.09. The maximum atomic E-state index is 12.0. The van der Waals surface area contributed by atoms with Crippen LogP contribution in [0.15, 0.2) is 59.7 Å². The van der Waals surface area contributed by atoms with Crippen molar-refractivity contribution in [1.82, 2.24) is 5.43 Å². The lowest BCUT2D eigenvalue weighted by atomic mass is 10.1. The van der Waals surface area contributed by atoms with E-state index in [2.05, 4.69) is 10.5 Å². The number of benzene rings is 2. The summed E-state index contributed by atoms with van der Waals surface area (Å²) in [5.41, 5.74) is 5.06. The maximum Gasteiger partial charge on any atom is 0.244 e. The van der Waals surface area contributed by atoms with E-state index in [4.69, 9.17) is 4.74 Å². The van der Waals surface area contributed by atoms with Gasteiger partial charge in [-0.15, -0.1) is 0 Å². The van der Waals surface area contributed by atoms with Crippen LogP contribution >= 0.6 is 0 Å². The molecule has 1 aliphatic heterocycles. The number of nitrogens with one attached hydrogen (secondary N) is 1. The van der Waals surface area contributed by atoms with E-state index in [1.807, 2.05) is 54.6 Å². The Kier molecular flexibility index (Phi) is 5.91. The molecule has 0 spiro atoms. The summed E-state index contributed by atoms with van der Waals surface area (Å²) in [5.74, 6) is -0.145. The second-order valence-corrected chi connectivity index (χ2v) is 8.80. The number of hydrazone groups is 1. The number of hydrogen-bond donors (Lipinski definition) is 1. The highest BCUT2D eigenvalue weighted by Gasteiger charge is 2.32. The average molecular weight is 386 g/mol. The lowest BCUT2D eigenvalue weighted by molar-refractivity contribution is -0.124. The third-order valence-corrected chi connectivity index (χ3v) is 6.23. The quantitative estimate of drug-likeness (QED) is 0.611. The summed E-state index contributed by atoms with van der Waals surface area (Å²) in [6.07, 6.45) is 0.357. The van der Waals surface area contributed by atoms with Gasteiger partial charge in [0.25, 0.3) is 0 Å². The van der Waals surface area contributed by atoms with Gasteiger partial charge in [-0.1, -0.05) is 30.3 Å². The van der Waals surface area contributed by atoms with Crippen LogP contribution in [0.25, 0.3) is 0 Å². The maximum absolute atomic E-state index is 12.0. The van der Waals surface area contributed by atoms with Crippen LogP contribution in [0.5, 0.6) is 5.75 Å². The largest absolute Gasteiger partial charge is 0.489 e. The van der Waals surface area contributed by atoms with Gasteiger partial charge in [0.1, 0.15) is 12.4 Å². The number of nitrogens with zero attached hydrogens (tertiary/aromatic N) is 1. The molecule has 1 atom stereocenters. The molecule has 3 rings (SSSR count). The van der Waals surface area contributed by atoms with Gasteiger partial charge < -0.3 is 4.74 Å². The van der Waals surface area contributed by atoms with Gasteiger partial charge in [-0.05, 0) is 48.7 Å². The highest BCUT2D eigenvalue weighted by molar-refractivity contribution is 7.91. The molecule has 0 radical (unpaired) electrons. The Bertz CT molecular complexity index is 922. The molecule has 1 fully saturated rings. The van der Waals surface area contributed by atoms with Gasteiger partial charge in [-0.25, -0.2) is 13.8 Å². The zero-order valence-corrected chi connectivity index (χ0v) is 15.9. The smallest absolute Gasteiger partial charge is 0.244 e. The molecule has 0 aromatic heterocycles. The van der Waals surface area contributed by atoms with Crippen LogP contribution in [0.2, 0.25) is 0 Å². The molecule has 142 valence electrons. The molecule has 27 heavy (non-hydrogen) atoms. The summed E-state index contributed by atoms with van der Waals surface area (Å²) in [7, 11) is -3.08. The van der Waals surface area contributed by atoms with Gasteiger partial charge in [0, 0.05) is 0 Å². The zero-order valence-electron chi connectivity index (χ0n) is 15.1. The third kappa shape index (κ3) is 5.40. The molecular weight excluding hydrogens is 364 g/mol. The lowest BCUT2D eigenvalue weighted by Gasteiger charge is -2.08. The average Bonchev–Trinajstić information content (AvgIpc) is 3.05. The zero-order chi connectivity index (χ0) is 19.3. The number of amides is 1. The topological polar surface area (TPSA) is 84.8 Å². The first-order valence-electron chi connectivity index (χ1n) is 8.75. The van der Waals surface area contributed by atoms with Crippen LogP contribution < -0.4 is 10.2 Å². The van der Waals surface area contributed by atoms with Crippen molar-refractivity contribution >= 4 is 21.5 Å². The Balaban J connectivity index is 1.54. The molecule has 0 bridgehead atoms. The van der Waals surface area contributed by atoms with Gasteiger partial charge >= 0.3 is 0 Å². The fraction of sp³-hybridized carbons (Fsp3) is 0.300. The minimum absolute atomic E-state index is 0.0677. The Morgan fingerprint density at radius 3 is 2.48 bits per heavy atom. The monoisotopic (exact) mass is 386 g/mol. The van der Waals surface area contributed by atoms with Crippen LogP contribution in [0.4, 0.5) is 0 Å². The number of carbonyl (C=O) groups is 1. The Morgan fingerprint density at radius 2 is 1.85 bits per heavy atom. The first-order chi connectivity index (χ1) is 12.9. The highest BCUT2D eigenvalue weighted by Crippen LogP contribution is 2.18. The van der Waals surface area contributed by atoms with Gasteiger partial charge in [0.15, 0.2) is 9.84 Å². The minimum atomic E-state index is -3.08. The van der Waals surface area contributed by atoms with Crippen molar-refractivity contribution in [2.45, 2.75) is 20.0 Å². The summed E-state index contributed by atoms with van der Waals surface area (Å²) in [4.78, 5) is 12.0. The van der Waals surface area contributed by atoms with Crippen molar-refractivity contribution in [2.24, 2.45) is 11.0 Å². The third-order valence-electron chi connectivity index (χ3n) is 4.46. The molecule has 1 amide bonds. The molecule has 0 aliphatic carbocycles. The van der Waals surface area contributed by atoms with Crippen LogP contribution in [-0.4, -0.2) is 31.5 Å². The molecule has 0 saturated carbocycles. The summed E-state index contributed by atoms with van der Waals surface area (Å²) < 4.78 is 28.7. The molecule has 2 aromatic carbocycles. The molecule has 1 saturated heterocycles. The van der Waals surface area contributed by atoms with Crippen molar-refractivity contribution in [3.8, 4) is 5.75 Å². The number of ether oxygens (including phenoxy) is 1. The molecule has 2 aromatic rings. The molecule has 7 heteroatoms. The van der Waals surface area contributed by atoms with E-state index in [-0.39, 0.29) is 17.4 Å². The van der Waals surface area contributed by atoms with E-state index in [9.17, 15) is 13.2 Å². The van der Waals surface area contributed by atoms with Crippen molar-refractivity contribution in [1.29, 1.82) is 0 Å².